The largest absolute Gasteiger partial charge is 0.755 e. The van der Waals surface area contributed by atoms with Crippen molar-refractivity contribution < 1.29 is 13.6 Å². The first-order valence-electron chi connectivity index (χ1n) is 3.24. The number of hydrogen-bond donors (Lipinski definition) is 0. The molecular formula is C7H5BrNO3S-. The van der Waals surface area contributed by atoms with E-state index in [-0.39, 0.29) is 6.41 Å². The van der Waals surface area contributed by atoms with Gasteiger partial charge in [-0.1, -0.05) is 22.0 Å². The van der Waals surface area contributed by atoms with E-state index in [0.29, 0.717) is 14.5 Å². The van der Waals surface area contributed by atoms with Crippen LogP contribution in [0.15, 0.2) is 28.7 Å². The maximum Gasteiger partial charge on any atom is 0.225 e. The van der Waals surface area contributed by atoms with Crippen molar-refractivity contribution in [2.75, 3.05) is 4.31 Å². The summed E-state index contributed by atoms with van der Waals surface area (Å²) in [6.45, 7) is 0. The lowest BCUT2D eigenvalue weighted by atomic mass is 10.3. The van der Waals surface area contributed by atoms with Gasteiger partial charge in [-0.25, -0.2) is 4.31 Å². The summed E-state index contributed by atoms with van der Waals surface area (Å²) in [5.41, 5.74) is 0.303. The molecule has 1 aromatic carbocycles. The molecule has 0 bridgehead atoms. The predicted octanol–water partition coefficient (Wildman–Crippen LogP) is 1.21. The molecule has 0 aliphatic carbocycles. The Balaban J connectivity index is 3.04. The van der Waals surface area contributed by atoms with Crippen LogP contribution in [0, 0.1) is 0 Å². The second-order valence-corrected chi connectivity index (χ2v) is 3.87. The Labute approximate surface area is 86.1 Å². The number of nitrogens with zero attached hydrogens (tertiary/aromatic N) is 1. The molecule has 1 unspecified atom stereocenters. The highest BCUT2D eigenvalue weighted by Gasteiger charge is 2.04. The molecule has 1 aromatic rings. The van der Waals surface area contributed by atoms with Crippen LogP contribution in [0.2, 0.25) is 0 Å². The maximum absolute atomic E-state index is 10.5. The van der Waals surface area contributed by atoms with Gasteiger partial charge >= 0.3 is 0 Å². The van der Waals surface area contributed by atoms with Gasteiger partial charge in [-0.2, -0.15) is 0 Å². The van der Waals surface area contributed by atoms with Gasteiger partial charge in [0.2, 0.25) is 6.41 Å². The van der Waals surface area contributed by atoms with E-state index >= 15 is 0 Å². The lowest BCUT2D eigenvalue weighted by molar-refractivity contribution is -0.106. The Kier molecular flexibility index (Phi) is 3.58. The molecule has 13 heavy (non-hydrogen) atoms. The fourth-order valence-electron chi connectivity index (χ4n) is 0.795. The van der Waals surface area contributed by atoms with Crippen LogP contribution in [-0.4, -0.2) is 15.2 Å². The van der Waals surface area contributed by atoms with Crippen molar-refractivity contribution in [3.8, 4) is 0 Å². The normalized spacial score (nSPS) is 12.2. The van der Waals surface area contributed by atoms with Crippen molar-refractivity contribution in [1.29, 1.82) is 0 Å². The molecule has 0 aliphatic rings. The van der Waals surface area contributed by atoms with E-state index < -0.39 is 11.3 Å². The van der Waals surface area contributed by atoms with Crippen LogP contribution in [0.25, 0.3) is 0 Å². The van der Waals surface area contributed by atoms with Crippen molar-refractivity contribution in [3.63, 3.8) is 0 Å². The molecule has 6 heteroatoms. The minimum atomic E-state index is -2.57. The zero-order valence-electron chi connectivity index (χ0n) is 6.34. The molecule has 0 saturated heterocycles. The van der Waals surface area contributed by atoms with Gasteiger partial charge in [-0.3, -0.25) is 9.00 Å². The summed E-state index contributed by atoms with van der Waals surface area (Å²) in [6.07, 6.45) is 0.241. The van der Waals surface area contributed by atoms with Crippen molar-refractivity contribution in [2.45, 2.75) is 0 Å². The predicted molar refractivity (Wildman–Crippen MR) is 51.6 cm³/mol. The van der Waals surface area contributed by atoms with E-state index in [4.69, 9.17) is 0 Å². The third-order valence-corrected chi connectivity index (χ3v) is 2.43. The molecule has 0 radical (unpaired) electrons. The standard InChI is InChI=1S/C7H6BrNO3S/c8-6-2-1-3-7(4-6)9(5-10)13(11)12/h1-5H,(H,11,12)/p-1. The first-order chi connectivity index (χ1) is 6.15. The molecule has 0 fully saturated rings. The Morgan fingerprint density at radius 3 is 2.69 bits per heavy atom. The van der Waals surface area contributed by atoms with Gasteiger partial charge in [0, 0.05) is 4.47 Å². The first-order valence-corrected chi connectivity index (χ1v) is 5.07. The molecule has 0 aliphatic heterocycles. The molecular weight excluding hydrogens is 258 g/mol. The highest BCUT2D eigenvalue weighted by molar-refractivity contribution is 9.10. The Hall–Kier alpha value is -0.720. The van der Waals surface area contributed by atoms with Crippen molar-refractivity contribution in [2.24, 2.45) is 0 Å². The van der Waals surface area contributed by atoms with Crippen LogP contribution in [-0.2, 0) is 16.1 Å². The van der Waals surface area contributed by atoms with Gasteiger partial charge < -0.3 is 4.55 Å². The van der Waals surface area contributed by atoms with Crippen LogP contribution in [0.3, 0.4) is 0 Å². The van der Waals surface area contributed by atoms with Gasteiger partial charge in [0.05, 0.1) is 17.0 Å². The van der Waals surface area contributed by atoms with Gasteiger partial charge in [-0.15, -0.1) is 0 Å². The number of amides is 1. The van der Waals surface area contributed by atoms with E-state index in [1.807, 2.05) is 0 Å². The summed E-state index contributed by atoms with van der Waals surface area (Å²) in [5.74, 6) is 0. The maximum atomic E-state index is 10.5. The quantitative estimate of drug-likeness (QED) is 0.608. The van der Waals surface area contributed by atoms with Gasteiger partial charge in [0.25, 0.3) is 0 Å². The number of carbonyl (C=O) groups excluding carboxylic acids is 1. The minimum Gasteiger partial charge on any atom is -0.755 e. The summed E-state index contributed by atoms with van der Waals surface area (Å²) >= 11 is 0.597. The van der Waals surface area contributed by atoms with E-state index in [2.05, 4.69) is 15.9 Å². The molecule has 0 saturated carbocycles. The highest BCUT2D eigenvalue weighted by Crippen LogP contribution is 2.19. The molecule has 0 heterocycles. The van der Waals surface area contributed by atoms with Crippen LogP contribution in [0.1, 0.15) is 0 Å². The number of halogens is 1. The zero-order chi connectivity index (χ0) is 9.84. The smallest absolute Gasteiger partial charge is 0.225 e. The summed E-state index contributed by atoms with van der Waals surface area (Å²) < 4.78 is 22.4. The average molecular weight is 263 g/mol. The molecule has 0 spiro atoms. The first kappa shape index (κ1) is 10.4. The zero-order valence-corrected chi connectivity index (χ0v) is 8.75. The highest BCUT2D eigenvalue weighted by atomic mass is 79.9. The van der Waals surface area contributed by atoms with Crippen LogP contribution in [0.4, 0.5) is 5.69 Å². The molecule has 1 atom stereocenters. The summed E-state index contributed by atoms with van der Waals surface area (Å²) in [4.78, 5) is 10.4. The monoisotopic (exact) mass is 262 g/mol. The Morgan fingerprint density at radius 1 is 1.54 bits per heavy atom. The number of benzene rings is 1. The molecule has 1 amide bonds. The van der Waals surface area contributed by atoms with Crippen molar-refractivity contribution in [1.82, 2.24) is 0 Å². The van der Waals surface area contributed by atoms with Crippen LogP contribution in [0.5, 0.6) is 0 Å². The minimum absolute atomic E-state index is 0.241. The van der Waals surface area contributed by atoms with Crippen molar-refractivity contribution >= 4 is 39.3 Å². The Morgan fingerprint density at radius 2 is 2.23 bits per heavy atom. The van der Waals surface area contributed by atoms with Crippen LogP contribution >= 0.6 is 15.9 Å². The summed E-state index contributed by atoms with van der Waals surface area (Å²) in [7, 11) is 0. The second-order valence-electron chi connectivity index (χ2n) is 2.13. The number of carbonyl (C=O) groups is 1. The number of hydrogen-bond acceptors (Lipinski definition) is 3. The van der Waals surface area contributed by atoms with E-state index in [0.717, 1.165) is 0 Å². The molecule has 0 aromatic heterocycles. The third kappa shape index (κ3) is 2.61. The third-order valence-electron chi connectivity index (χ3n) is 1.32. The molecule has 0 N–H and O–H groups in total. The number of anilines is 1. The molecule has 4 nitrogen and oxygen atoms in total. The van der Waals surface area contributed by atoms with E-state index in [1.54, 1.807) is 12.1 Å². The fourth-order valence-corrected chi connectivity index (χ4v) is 1.54. The number of rotatable bonds is 3. The molecule has 1 rings (SSSR count). The lowest BCUT2D eigenvalue weighted by Crippen LogP contribution is -2.23. The summed E-state index contributed by atoms with van der Waals surface area (Å²) in [5, 5.41) is 0. The molecule has 70 valence electrons. The van der Waals surface area contributed by atoms with Gasteiger partial charge in [-0.05, 0) is 18.2 Å². The van der Waals surface area contributed by atoms with Crippen LogP contribution < -0.4 is 4.31 Å². The second kappa shape index (κ2) is 4.50. The van der Waals surface area contributed by atoms with E-state index in [1.165, 1.54) is 12.1 Å². The van der Waals surface area contributed by atoms with Gasteiger partial charge in [0.15, 0.2) is 0 Å². The average Bonchev–Trinajstić information content (AvgIpc) is 2.04. The fraction of sp³-hybridized carbons (Fsp3) is 0. The van der Waals surface area contributed by atoms with Crippen molar-refractivity contribution in [3.05, 3.63) is 28.7 Å². The topological polar surface area (TPSA) is 60.4 Å². The van der Waals surface area contributed by atoms with Gasteiger partial charge in [0.1, 0.15) is 0 Å². The summed E-state index contributed by atoms with van der Waals surface area (Å²) in [6, 6.07) is 6.43. The lowest BCUT2D eigenvalue weighted by Gasteiger charge is -2.18. The SMILES string of the molecule is O=CN(c1cccc(Br)c1)S(=O)[O-]. The van der Waals surface area contributed by atoms with E-state index in [9.17, 15) is 13.6 Å². The Bertz CT molecular complexity index is 344.